The maximum absolute atomic E-state index is 5.85. The Hall–Kier alpha value is -1.04. The minimum Gasteiger partial charge on any atom is -0.302 e. The summed E-state index contributed by atoms with van der Waals surface area (Å²) in [5, 5.41) is 3.70. The van der Waals surface area contributed by atoms with Crippen LogP contribution in [0, 0.1) is 11.8 Å². The van der Waals surface area contributed by atoms with Gasteiger partial charge in [-0.05, 0) is 13.0 Å². The van der Waals surface area contributed by atoms with Crippen molar-refractivity contribution in [1.82, 2.24) is 10.3 Å². The molecular formula is C10H11ClN2. The molecule has 0 unspecified atom stereocenters. The second-order valence-corrected chi connectivity index (χ2v) is 2.84. The van der Waals surface area contributed by atoms with E-state index in [1.165, 1.54) is 0 Å². The van der Waals surface area contributed by atoms with Crippen LogP contribution in [0.5, 0.6) is 0 Å². The average Bonchev–Trinajstić information content (AvgIpc) is 2.15. The average molecular weight is 195 g/mol. The van der Waals surface area contributed by atoms with Crippen LogP contribution in [0.3, 0.4) is 0 Å². The Morgan fingerprint density at radius 1 is 1.62 bits per heavy atom. The van der Waals surface area contributed by atoms with E-state index in [2.05, 4.69) is 22.1 Å². The molecule has 0 saturated heterocycles. The molecule has 1 N–H and O–H groups in total. The first kappa shape index (κ1) is 10.0. The summed E-state index contributed by atoms with van der Waals surface area (Å²) in [6, 6.07) is 3.82. The fourth-order valence-corrected chi connectivity index (χ4v) is 1.09. The van der Waals surface area contributed by atoms with E-state index in [1.54, 1.807) is 6.20 Å². The van der Waals surface area contributed by atoms with E-state index in [-0.39, 0.29) is 0 Å². The molecule has 0 bridgehead atoms. The Bertz CT molecular complexity index is 325. The molecule has 0 radical (unpaired) electrons. The summed E-state index contributed by atoms with van der Waals surface area (Å²) in [5.41, 5.74) is 1.00. The van der Waals surface area contributed by atoms with Gasteiger partial charge < -0.3 is 5.32 Å². The molecular weight excluding hydrogens is 184 g/mol. The van der Waals surface area contributed by atoms with Crippen LogP contribution in [0.4, 0.5) is 0 Å². The summed E-state index contributed by atoms with van der Waals surface area (Å²) >= 11 is 5.85. The monoisotopic (exact) mass is 194 g/mol. The van der Waals surface area contributed by atoms with Crippen molar-refractivity contribution in [2.45, 2.75) is 13.5 Å². The first-order valence-electron chi connectivity index (χ1n) is 4.04. The van der Waals surface area contributed by atoms with Gasteiger partial charge in [0.2, 0.25) is 0 Å². The van der Waals surface area contributed by atoms with E-state index >= 15 is 0 Å². The molecule has 0 aliphatic rings. The zero-order chi connectivity index (χ0) is 9.52. The lowest BCUT2D eigenvalue weighted by atomic mass is 10.3. The molecule has 0 spiro atoms. The summed E-state index contributed by atoms with van der Waals surface area (Å²) < 4.78 is 0. The molecule has 0 aliphatic heterocycles. The summed E-state index contributed by atoms with van der Waals surface area (Å²) in [7, 11) is 0. The summed E-state index contributed by atoms with van der Waals surface area (Å²) in [6.45, 7) is 3.21. The fourth-order valence-electron chi connectivity index (χ4n) is 0.899. The lowest BCUT2D eigenvalue weighted by Crippen LogP contribution is -2.13. The minimum atomic E-state index is 0.555. The fraction of sp³-hybridized carbons (Fsp3) is 0.300. The molecule has 0 saturated carbocycles. The number of nitrogens with one attached hydrogen (secondary N) is 1. The largest absolute Gasteiger partial charge is 0.302 e. The molecule has 0 atom stereocenters. The van der Waals surface area contributed by atoms with Crippen molar-refractivity contribution in [2.75, 3.05) is 6.54 Å². The molecule has 1 aromatic heterocycles. The molecule has 0 amide bonds. The van der Waals surface area contributed by atoms with Crippen molar-refractivity contribution >= 4 is 11.6 Å². The highest BCUT2D eigenvalue weighted by atomic mass is 35.5. The summed E-state index contributed by atoms with van der Waals surface area (Å²) in [5.74, 6) is 5.72. The van der Waals surface area contributed by atoms with Gasteiger partial charge in [0.25, 0.3) is 0 Å². The standard InChI is InChI=1S/C10H11ClN2/c1-2-3-6-12-8-9-5-4-7-13-10(9)11/h4-5,7,12H,6,8H2,1H3. The van der Waals surface area contributed by atoms with E-state index in [0.29, 0.717) is 18.2 Å². The molecule has 0 aromatic carbocycles. The van der Waals surface area contributed by atoms with Gasteiger partial charge in [0.15, 0.2) is 0 Å². The van der Waals surface area contributed by atoms with Crippen molar-refractivity contribution in [2.24, 2.45) is 0 Å². The van der Waals surface area contributed by atoms with E-state index < -0.39 is 0 Å². The van der Waals surface area contributed by atoms with Crippen LogP contribution < -0.4 is 5.32 Å². The van der Waals surface area contributed by atoms with Crippen LogP contribution in [0.25, 0.3) is 0 Å². The highest BCUT2D eigenvalue weighted by molar-refractivity contribution is 6.30. The van der Waals surface area contributed by atoms with E-state index in [9.17, 15) is 0 Å². The number of halogens is 1. The molecule has 1 heterocycles. The normalized spacial score (nSPS) is 9.08. The Balaban J connectivity index is 2.44. The predicted octanol–water partition coefficient (Wildman–Crippen LogP) is 1.85. The van der Waals surface area contributed by atoms with E-state index in [4.69, 9.17) is 11.6 Å². The van der Waals surface area contributed by atoms with Crippen molar-refractivity contribution < 1.29 is 0 Å². The second kappa shape index (κ2) is 5.58. The van der Waals surface area contributed by atoms with Gasteiger partial charge in [0.05, 0.1) is 6.54 Å². The number of hydrogen-bond acceptors (Lipinski definition) is 2. The molecule has 1 rings (SSSR count). The maximum atomic E-state index is 5.85. The molecule has 0 fully saturated rings. The van der Waals surface area contributed by atoms with Gasteiger partial charge in [-0.15, -0.1) is 5.92 Å². The Morgan fingerprint density at radius 2 is 2.46 bits per heavy atom. The van der Waals surface area contributed by atoms with Crippen molar-refractivity contribution in [1.29, 1.82) is 0 Å². The Kier molecular flexibility index (Phi) is 4.31. The van der Waals surface area contributed by atoms with Gasteiger partial charge in [-0.2, -0.15) is 0 Å². The summed E-state index contributed by atoms with van der Waals surface area (Å²) in [4.78, 5) is 3.97. The summed E-state index contributed by atoms with van der Waals surface area (Å²) in [6.07, 6.45) is 1.68. The van der Waals surface area contributed by atoms with Gasteiger partial charge in [-0.1, -0.05) is 23.6 Å². The van der Waals surface area contributed by atoms with Gasteiger partial charge in [0, 0.05) is 18.3 Å². The Morgan fingerprint density at radius 3 is 3.15 bits per heavy atom. The number of rotatable bonds is 3. The van der Waals surface area contributed by atoms with E-state index in [0.717, 1.165) is 5.56 Å². The lowest BCUT2D eigenvalue weighted by molar-refractivity contribution is 0.767. The van der Waals surface area contributed by atoms with E-state index in [1.807, 2.05) is 19.1 Å². The second-order valence-electron chi connectivity index (χ2n) is 2.48. The number of nitrogens with zero attached hydrogens (tertiary/aromatic N) is 1. The Labute approximate surface area is 83.3 Å². The molecule has 1 aromatic rings. The lowest BCUT2D eigenvalue weighted by Gasteiger charge is -2.01. The van der Waals surface area contributed by atoms with Crippen LogP contribution in [0.1, 0.15) is 12.5 Å². The number of aromatic nitrogens is 1. The number of hydrogen-bond donors (Lipinski definition) is 1. The third kappa shape index (κ3) is 3.45. The first-order chi connectivity index (χ1) is 6.34. The third-order valence-electron chi connectivity index (χ3n) is 1.54. The molecule has 3 heteroatoms. The minimum absolute atomic E-state index is 0.555. The highest BCUT2D eigenvalue weighted by Gasteiger charge is 1.97. The molecule has 68 valence electrons. The number of pyridine rings is 1. The maximum Gasteiger partial charge on any atom is 0.133 e. The predicted molar refractivity (Wildman–Crippen MR) is 54.4 cm³/mol. The zero-order valence-corrected chi connectivity index (χ0v) is 8.23. The van der Waals surface area contributed by atoms with Gasteiger partial charge in [-0.3, -0.25) is 0 Å². The zero-order valence-electron chi connectivity index (χ0n) is 7.47. The van der Waals surface area contributed by atoms with Crippen LogP contribution >= 0.6 is 11.6 Å². The first-order valence-corrected chi connectivity index (χ1v) is 4.42. The molecule has 2 nitrogen and oxygen atoms in total. The SMILES string of the molecule is CC#CCNCc1cccnc1Cl. The van der Waals surface area contributed by atoms with Gasteiger partial charge in [-0.25, -0.2) is 4.98 Å². The van der Waals surface area contributed by atoms with Crippen LogP contribution in [0.15, 0.2) is 18.3 Å². The highest BCUT2D eigenvalue weighted by Crippen LogP contribution is 2.10. The third-order valence-corrected chi connectivity index (χ3v) is 1.88. The molecule has 0 aliphatic carbocycles. The topological polar surface area (TPSA) is 24.9 Å². The van der Waals surface area contributed by atoms with Crippen LogP contribution in [-0.4, -0.2) is 11.5 Å². The van der Waals surface area contributed by atoms with Crippen LogP contribution in [0.2, 0.25) is 5.15 Å². The van der Waals surface area contributed by atoms with Crippen molar-refractivity contribution in [3.05, 3.63) is 29.0 Å². The van der Waals surface area contributed by atoms with Gasteiger partial charge >= 0.3 is 0 Å². The van der Waals surface area contributed by atoms with Crippen LogP contribution in [-0.2, 0) is 6.54 Å². The van der Waals surface area contributed by atoms with Crippen molar-refractivity contribution in [3.8, 4) is 11.8 Å². The smallest absolute Gasteiger partial charge is 0.133 e. The molecule has 13 heavy (non-hydrogen) atoms. The van der Waals surface area contributed by atoms with Gasteiger partial charge in [0.1, 0.15) is 5.15 Å². The quantitative estimate of drug-likeness (QED) is 0.451. The van der Waals surface area contributed by atoms with Crippen molar-refractivity contribution in [3.63, 3.8) is 0 Å².